The molecule has 3 N–H and O–H groups in total. The number of carbonyl (C=O) groups excluding carboxylic acids is 3. The predicted octanol–water partition coefficient (Wildman–Crippen LogP) is 0.997. The number of amides is 3. The average molecular weight is 438 g/mol. The number of nitrogens with one attached hydrogen (secondary N) is 1. The van der Waals surface area contributed by atoms with E-state index in [1.807, 2.05) is 0 Å². The first kappa shape index (κ1) is 20.4. The van der Waals surface area contributed by atoms with Gasteiger partial charge in [-0.3, -0.25) is 14.6 Å². The molecule has 12 heteroatoms. The van der Waals surface area contributed by atoms with Gasteiger partial charge in [-0.2, -0.15) is 9.69 Å². The van der Waals surface area contributed by atoms with Crippen LogP contribution in [-0.4, -0.2) is 61.9 Å². The summed E-state index contributed by atoms with van der Waals surface area (Å²) in [5.41, 5.74) is 7.06. The van der Waals surface area contributed by atoms with Gasteiger partial charge in [0.1, 0.15) is 5.52 Å². The highest BCUT2D eigenvalue weighted by Crippen LogP contribution is 2.25. The topological polar surface area (TPSA) is 139 Å². The van der Waals surface area contributed by atoms with Crippen molar-refractivity contribution in [3.63, 3.8) is 0 Å². The van der Waals surface area contributed by atoms with Gasteiger partial charge in [0, 0.05) is 13.1 Å². The Labute approximate surface area is 179 Å². The maximum Gasteiger partial charge on any atom is 0.365 e. The molecule has 31 heavy (non-hydrogen) atoms. The lowest BCUT2D eigenvalue weighted by atomic mass is 10.1. The van der Waals surface area contributed by atoms with Crippen LogP contribution in [0.5, 0.6) is 0 Å². The molecule has 3 aromatic rings. The van der Waals surface area contributed by atoms with E-state index in [4.69, 9.17) is 5.73 Å². The number of hydrogen-bond acceptors (Lipinski definition) is 6. The van der Waals surface area contributed by atoms with Gasteiger partial charge in [0.15, 0.2) is 5.96 Å². The molecule has 0 fully saturated rings. The number of hydrogen-bond donors (Lipinski definition) is 2. The second-order valence-corrected chi connectivity index (χ2v) is 6.92. The van der Waals surface area contributed by atoms with Crippen molar-refractivity contribution in [2.45, 2.75) is 6.42 Å². The molecule has 1 aliphatic heterocycles. The molecule has 11 nitrogen and oxygen atoms in total. The van der Waals surface area contributed by atoms with Crippen LogP contribution in [0.15, 0.2) is 53.5 Å². The zero-order valence-electron chi connectivity index (χ0n) is 16.3. The van der Waals surface area contributed by atoms with E-state index in [-0.39, 0.29) is 30.2 Å². The van der Waals surface area contributed by atoms with E-state index in [9.17, 15) is 14.4 Å². The number of para-hydroxylation sites is 1. The van der Waals surface area contributed by atoms with Crippen molar-refractivity contribution >= 4 is 44.2 Å². The van der Waals surface area contributed by atoms with Crippen LogP contribution in [0.2, 0.25) is 0 Å². The predicted molar refractivity (Wildman–Crippen MR) is 116 cm³/mol. The van der Waals surface area contributed by atoms with E-state index in [1.54, 1.807) is 48.5 Å². The van der Waals surface area contributed by atoms with Crippen molar-refractivity contribution in [1.82, 2.24) is 30.1 Å². The standard InChI is InChI=1S/C19H19N8O3P/c20-18(23-31)21-10-5-11-25(19(30)26-15-9-4-3-8-14(15)22-24-26)27-16(28)12-6-1-2-7-13(12)17(27)29/h1-4,6-9H,5,10-11,31H2,(H3,20,21,23). The zero-order valence-corrected chi connectivity index (χ0v) is 17.5. The second kappa shape index (κ2) is 8.49. The largest absolute Gasteiger partial charge is 0.370 e. The molecule has 0 spiro atoms. The first-order valence-corrected chi connectivity index (χ1v) is 9.97. The molecule has 0 aliphatic carbocycles. The quantitative estimate of drug-likeness (QED) is 0.199. The SMILES string of the molecule is NC(=NCCCN(C(=O)n1nnc2ccccc21)N1C(=O)c2ccccc2C1=O)NP. The molecule has 0 saturated heterocycles. The molecular formula is C19H19N8O3P. The fraction of sp³-hybridized carbons (Fsp3) is 0.158. The van der Waals surface area contributed by atoms with Crippen LogP contribution in [0.1, 0.15) is 27.1 Å². The number of aromatic nitrogens is 3. The van der Waals surface area contributed by atoms with Crippen molar-refractivity contribution in [2.75, 3.05) is 13.1 Å². The summed E-state index contributed by atoms with van der Waals surface area (Å²) in [7, 11) is 2.23. The van der Waals surface area contributed by atoms with Crippen molar-refractivity contribution in [1.29, 1.82) is 0 Å². The van der Waals surface area contributed by atoms with E-state index in [0.717, 1.165) is 14.7 Å². The van der Waals surface area contributed by atoms with Crippen LogP contribution in [0, 0.1) is 0 Å². The van der Waals surface area contributed by atoms with Crippen LogP contribution < -0.4 is 10.8 Å². The minimum absolute atomic E-state index is 0.0339. The third-order valence-corrected chi connectivity index (χ3v) is 5.02. The fourth-order valence-corrected chi connectivity index (χ4v) is 3.35. The summed E-state index contributed by atoms with van der Waals surface area (Å²) < 4.78 is 1.07. The van der Waals surface area contributed by atoms with Gasteiger partial charge >= 0.3 is 6.03 Å². The molecule has 0 radical (unpaired) electrons. The Hall–Kier alpha value is -3.85. The minimum Gasteiger partial charge on any atom is -0.370 e. The van der Waals surface area contributed by atoms with Gasteiger partial charge in [-0.1, -0.05) is 29.5 Å². The number of nitrogens with two attached hydrogens (primary N) is 1. The van der Waals surface area contributed by atoms with Crippen molar-refractivity contribution in [2.24, 2.45) is 10.7 Å². The Bertz CT molecular complexity index is 1170. The zero-order chi connectivity index (χ0) is 22.0. The Balaban J connectivity index is 1.67. The van der Waals surface area contributed by atoms with Gasteiger partial charge in [0.2, 0.25) is 0 Å². The molecule has 4 rings (SSSR count). The third-order valence-electron chi connectivity index (χ3n) is 4.73. The third kappa shape index (κ3) is 3.71. The number of hydrazine groups is 1. The number of fused-ring (bicyclic) bond motifs is 2. The van der Waals surface area contributed by atoms with Gasteiger partial charge in [-0.05, 0) is 40.1 Å². The van der Waals surface area contributed by atoms with Gasteiger partial charge in [0.25, 0.3) is 11.8 Å². The molecule has 3 amide bonds. The summed E-state index contributed by atoms with van der Waals surface area (Å²) in [6.45, 7) is 0.310. The lowest BCUT2D eigenvalue weighted by molar-refractivity contribution is 0.0177. The minimum atomic E-state index is -0.677. The Morgan fingerprint density at radius 1 is 1.10 bits per heavy atom. The summed E-state index contributed by atoms with van der Waals surface area (Å²) in [4.78, 5) is 43.4. The summed E-state index contributed by atoms with van der Waals surface area (Å²) in [6, 6.07) is 12.7. The van der Waals surface area contributed by atoms with Gasteiger partial charge < -0.3 is 10.8 Å². The molecule has 158 valence electrons. The lowest BCUT2D eigenvalue weighted by Crippen LogP contribution is -2.52. The van der Waals surface area contributed by atoms with E-state index in [0.29, 0.717) is 17.5 Å². The molecule has 2 aromatic carbocycles. The van der Waals surface area contributed by atoms with E-state index in [1.165, 1.54) is 0 Å². The highest BCUT2D eigenvalue weighted by molar-refractivity contribution is 7.15. The lowest BCUT2D eigenvalue weighted by Gasteiger charge is -2.29. The van der Waals surface area contributed by atoms with E-state index < -0.39 is 17.8 Å². The molecule has 2 heterocycles. The van der Waals surface area contributed by atoms with Crippen molar-refractivity contribution < 1.29 is 14.4 Å². The second-order valence-electron chi connectivity index (χ2n) is 6.63. The molecule has 1 aromatic heterocycles. The number of guanidine groups is 1. The average Bonchev–Trinajstić information content (AvgIpc) is 3.33. The summed E-state index contributed by atoms with van der Waals surface area (Å²) in [5.74, 6) is -0.938. The Morgan fingerprint density at radius 2 is 1.74 bits per heavy atom. The van der Waals surface area contributed by atoms with Crippen LogP contribution in [0.25, 0.3) is 11.0 Å². The number of benzene rings is 2. The maximum atomic E-state index is 13.4. The molecule has 1 aliphatic rings. The summed E-state index contributed by atoms with van der Waals surface area (Å²) >= 11 is 0. The molecule has 0 saturated carbocycles. The summed E-state index contributed by atoms with van der Waals surface area (Å²) in [5, 5.41) is 12.5. The van der Waals surface area contributed by atoms with E-state index in [2.05, 4.69) is 29.8 Å². The van der Waals surface area contributed by atoms with Crippen LogP contribution in [0.3, 0.4) is 0 Å². The van der Waals surface area contributed by atoms with Crippen molar-refractivity contribution in [3.05, 3.63) is 59.7 Å². The van der Waals surface area contributed by atoms with Gasteiger partial charge in [0.05, 0.1) is 16.6 Å². The van der Waals surface area contributed by atoms with Gasteiger partial charge in [-0.25, -0.2) is 9.80 Å². The van der Waals surface area contributed by atoms with Gasteiger partial charge in [-0.15, -0.1) is 5.10 Å². The maximum absolute atomic E-state index is 13.4. The molecule has 0 bridgehead atoms. The highest BCUT2D eigenvalue weighted by atomic mass is 31.0. The number of nitrogens with zero attached hydrogens (tertiary/aromatic N) is 6. The van der Waals surface area contributed by atoms with E-state index >= 15 is 0 Å². The highest BCUT2D eigenvalue weighted by Gasteiger charge is 2.41. The number of rotatable bonds is 5. The first-order chi connectivity index (χ1) is 15.0. The normalized spacial score (nSPS) is 13.6. The van der Waals surface area contributed by atoms with Crippen LogP contribution in [0.4, 0.5) is 4.79 Å². The number of carbonyl (C=O) groups is 3. The molecule has 1 unspecified atom stereocenters. The van der Waals surface area contributed by atoms with Crippen molar-refractivity contribution in [3.8, 4) is 0 Å². The fourth-order valence-electron chi connectivity index (χ4n) is 3.26. The Morgan fingerprint density at radius 3 is 2.42 bits per heavy atom. The van der Waals surface area contributed by atoms with Crippen LogP contribution >= 0.6 is 9.39 Å². The first-order valence-electron chi connectivity index (χ1n) is 9.39. The monoisotopic (exact) mass is 438 g/mol. The Kier molecular flexibility index (Phi) is 5.59. The molecule has 1 atom stereocenters. The molecular weight excluding hydrogens is 419 g/mol. The van der Waals surface area contributed by atoms with Crippen LogP contribution in [-0.2, 0) is 0 Å². The number of imide groups is 1. The smallest absolute Gasteiger partial charge is 0.365 e. The summed E-state index contributed by atoms with van der Waals surface area (Å²) in [6.07, 6.45) is 0.346. The number of aliphatic imine (C=N–C) groups is 1.